The van der Waals surface area contributed by atoms with Crippen LogP contribution in [-0.4, -0.2) is 31.0 Å². The molecule has 1 aromatic heterocycles. The second kappa shape index (κ2) is 15.6. The van der Waals surface area contributed by atoms with Crippen molar-refractivity contribution in [3.05, 3.63) is 168 Å². The van der Waals surface area contributed by atoms with Crippen LogP contribution < -0.4 is 0 Å². The van der Waals surface area contributed by atoms with Crippen LogP contribution in [0.25, 0.3) is 0 Å². The molecule has 1 saturated heterocycles. The second-order valence-electron chi connectivity index (χ2n) is 10.9. The maximum atomic E-state index is 6.80. The normalized spacial score (nSPS) is 21.7. The molecule has 6 rings (SSSR count). The van der Waals surface area contributed by atoms with Crippen LogP contribution >= 0.6 is 0 Å². The predicted molar refractivity (Wildman–Crippen MR) is 167 cm³/mol. The summed E-state index contributed by atoms with van der Waals surface area (Å²) >= 11 is 0. The summed E-state index contributed by atoms with van der Waals surface area (Å²) in [6, 6.07) is 44.3. The highest BCUT2D eigenvalue weighted by Gasteiger charge is 2.49. The van der Waals surface area contributed by atoms with Gasteiger partial charge in [0.05, 0.1) is 39.3 Å². The van der Waals surface area contributed by atoms with Crippen LogP contribution in [0.1, 0.15) is 34.1 Å². The summed E-state index contributed by atoms with van der Waals surface area (Å²) in [5.74, 6) is 0.672. The van der Waals surface area contributed by atoms with E-state index in [1.165, 1.54) is 0 Å². The molecule has 226 valence electrons. The van der Waals surface area contributed by atoms with E-state index < -0.39 is 30.5 Å². The fourth-order valence-electron chi connectivity index (χ4n) is 5.47. The molecule has 0 saturated carbocycles. The Balaban J connectivity index is 1.31. The van der Waals surface area contributed by atoms with Crippen LogP contribution in [0.2, 0.25) is 0 Å². The van der Waals surface area contributed by atoms with Gasteiger partial charge in [0.15, 0.2) is 0 Å². The largest absolute Gasteiger partial charge is 0.466 e. The molecule has 6 heteroatoms. The summed E-state index contributed by atoms with van der Waals surface area (Å²) in [7, 11) is 0. The highest BCUT2D eigenvalue weighted by Crippen LogP contribution is 2.38. The zero-order chi connectivity index (χ0) is 29.8. The lowest BCUT2D eigenvalue weighted by Gasteiger charge is -2.45. The first-order chi connectivity index (χ1) is 21.8. The molecule has 0 N–H and O–H groups in total. The molecule has 3 unspecified atom stereocenters. The summed E-state index contributed by atoms with van der Waals surface area (Å²) in [4.78, 5) is 0. The van der Waals surface area contributed by atoms with Gasteiger partial charge in [0.25, 0.3) is 0 Å². The van der Waals surface area contributed by atoms with Gasteiger partial charge in [-0.1, -0.05) is 121 Å². The molecule has 0 aliphatic carbocycles. The average molecular weight is 591 g/mol. The molecule has 0 amide bonds. The lowest BCUT2D eigenvalue weighted by molar-refractivity contribution is -0.277. The molecule has 4 aromatic carbocycles. The van der Waals surface area contributed by atoms with E-state index in [4.69, 9.17) is 28.1 Å². The van der Waals surface area contributed by atoms with Crippen LogP contribution in [0, 0.1) is 0 Å². The topological polar surface area (TPSA) is 59.3 Å². The molecule has 5 aromatic rings. The summed E-state index contributed by atoms with van der Waals surface area (Å²) < 4.78 is 39.1. The molecule has 0 bridgehead atoms. The van der Waals surface area contributed by atoms with Crippen LogP contribution in [0.5, 0.6) is 0 Å². The summed E-state index contributed by atoms with van der Waals surface area (Å²) in [5.41, 5.74) is 4.28. The van der Waals surface area contributed by atoms with Crippen molar-refractivity contribution in [2.45, 2.75) is 56.9 Å². The molecule has 1 aliphatic heterocycles. The Hall–Kier alpha value is -4.04. The number of furan rings is 1. The van der Waals surface area contributed by atoms with Gasteiger partial charge in [-0.2, -0.15) is 0 Å². The predicted octanol–water partition coefficient (Wildman–Crippen LogP) is 7.69. The fourth-order valence-corrected chi connectivity index (χ4v) is 5.47. The van der Waals surface area contributed by atoms with Crippen LogP contribution in [0.4, 0.5) is 0 Å². The molecular weight excluding hydrogens is 552 g/mol. The van der Waals surface area contributed by atoms with Crippen molar-refractivity contribution >= 4 is 0 Å². The minimum Gasteiger partial charge on any atom is -0.466 e. The molecular formula is C38H38O6. The van der Waals surface area contributed by atoms with E-state index in [0.717, 1.165) is 22.3 Å². The van der Waals surface area contributed by atoms with Crippen molar-refractivity contribution in [2.75, 3.05) is 6.61 Å². The monoisotopic (exact) mass is 590 g/mol. The van der Waals surface area contributed by atoms with Gasteiger partial charge in [-0.3, -0.25) is 0 Å². The Morgan fingerprint density at radius 3 is 1.39 bits per heavy atom. The van der Waals surface area contributed by atoms with Gasteiger partial charge in [-0.05, 0) is 34.4 Å². The number of ether oxygens (including phenoxy) is 5. The maximum absolute atomic E-state index is 6.80. The zero-order valence-electron chi connectivity index (χ0n) is 24.7. The third kappa shape index (κ3) is 8.11. The molecule has 2 heterocycles. The van der Waals surface area contributed by atoms with Gasteiger partial charge in [0.1, 0.15) is 36.3 Å². The van der Waals surface area contributed by atoms with E-state index in [1.807, 2.05) is 84.9 Å². The SMILES string of the molecule is c1ccc(COC[C@H]2O[C@H](c3ccco3)C(OCc3ccccc3)C(OCc3ccccc3)C2OCc2ccccc2)cc1. The first kappa shape index (κ1) is 30.0. The molecule has 0 radical (unpaired) electrons. The molecule has 44 heavy (non-hydrogen) atoms. The quantitative estimate of drug-likeness (QED) is 0.132. The van der Waals surface area contributed by atoms with E-state index in [1.54, 1.807) is 6.26 Å². The van der Waals surface area contributed by atoms with Gasteiger partial charge < -0.3 is 28.1 Å². The minimum absolute atomic E-state index is 0.308. The first-order valence-electron chi connectivity index (χ1n) is 15.1. The Bertz CT molecular complexity index is 1480. The zero-order valence-corrected chi connectivity index (χ0v) is 24.7. The molecule has 5 atom stereocenters. The summed E-state index contributed by atoms with van der Waals surface area (Å²) in [6.07, 6.45) is -0.813. The fraction of sp³-hybridized carbons (Fsp3) is 0.263. The lowest BCUT2D eigenvalue weighted by Crippen LogP contribution is -2.58. The van der Waals surface area contributed by atoms with E-state index in [-0.39, 0.29) is 0 Å². The van der Waals surface area contributed by atoms with Crippen LogP contribution in [0.3, 0.4) is 0 Å². The highest BCUT2D eigenvalue weighted by molar-refractivity contribution is 5.17. The smallest absolute Gasteiger partial charge is 0.144 e. The van der Waals surface area contributed by atoms with Gasteiger partial charge in [-0.25, -0.2) is 0 Å². The van der Waals surface area contributed by atoms with Crippen LogP contribution in [-0.2, 0) is 50.1 Å². The third-order valence-corrected chi connectivity index (χ3v) is 7.71. The Kier molecular flexibility index (Phi) is 10.6. The van der Waals surface area contributed by atoms with Gasteiger partial charge >= 0.3 is 0 Å². The van der Waals surface area contributed by atoms with E-state index in [9.17, 15) is 0 Å². The Morgan fingerprint density at radius 1 is 0.455 bits per heavy atom. The van der Waals surface area contributed by atoms with Crippen molar-refractivity contribution in [1.29, 1.82) is 0 Å². The molecule has 1 fully saturated rings. The van der Waals surface area contributed by atoms with Crippen molar-refractivity contribution in [2.24, 2.45) is 0 Å². The van der Waals surface area contributed by atoms with Crippen LogP contribution in [0.15, 0.2) is 144 Å². The third-order valence-electron chi connectivity index (χ3n) is 7.71. The minimum atomic E-state index is -0.531. The summed E-state index contributed by atoms with van der Waals surface area (Å²) in [5, 5.41) is 0. The van der Waals surface area contributed by atoms with E-state index >= 15 is 0 Å². The van der Waals surface area contributed by atoms with Crippen molar-refractivity contribution in [1.82, 2.24) is 0 Å². The standard InChI is InChI=1S/C38H38O6/c1-5-14-29(15-6-1)24-39-28-34-35(41-25-30-16-7-2-8-17-30)37(42-26-31-18-9-3-10-19-31)38(36(44-34)33-22-13-23-40-33)43-27-32-20-11-4-12-21-32/h1-23,34-38H,24-28H2/t34-,35?,36-,37?,38?/m1/s1. The second-order valence-corrected chi connectivity index (χ2v) is 10.9. The number of rotatable bonds is 14. The van der Waals surface area contributed by atoms with E-state index in [2.05, 4.69) is 48.5 Å². The molecule has 1 aliphatic rings. The van der Waals surface area contributed by atoms with Crippen molar-refractivity contribution in [3.63, 3.8) is 0 Å². The number of hydrogen-bond donors (Lipinski definition) is 0. The maximum Gasteiger partial charge on any atom is 0.144 e. The van der Waals surface area contributed by atoms with Gasteiger partial charge in [0, 0.05) is 0 Å². The van der Waals surface area contributed by atoms with Crippen molar-refractivity contribution < 1.29 is 28.1 Å². The van der Waals surface area contributed by atoms with Gasteiger partial charge in [0.2, 0.25) is 0 Å². The van der Waals surface area contributed by atoms with Gasteiger partial charge in [-0.15, -0.1) is 0 Å². The summed E-state index contributed by atoms with van der Waals surface area (Å²) in [6.45, 7) is 1.94. The lowest BCUT2D eigenvalue weighted by atomic mass is 9.92. The average Bonchev–Trinajstić information content (AvgIpc) is 3.63. The van der Waals surface area contributed by atoms with E-state index in [0.29, 0.717) is 38.8 Å². The number of benzene rings is 4. The number of hydrogen-bond acceptors (Lipinski definition) is 6. The Labute approximate surface area is 259 Å². The molecule has 0 spiro atoms. The van der Waals surface area contributed by atoms with Crippen molar-refractivity contribution in [3.8, 4) is 0 Å². The Morgan fingerprint density at radius 2 is 0.909 bits per heavy atom. The molecule has 6 nitrogen and oxygen atoms in total. The first-order valence-corrected chi connectivity index (χ1v) is 15.1. The highest BCUT2D eigenvalue weighted by atomic mass is 16.6.